The van der Waals surface area contributed by atoms with E-state index in [2.05, 4.69) is 12.2 Å². The second-order valence-electron chi connectivity index (χ2n) is 5.81. The Morgan fingerprint density at radius 3 is 2.32 bits per heavy atom. The third-order valence-electron chi connectivity index (χ3n) is 3.80. The first-order chi connectivity index (χ1) is 10.4. The average Bonchev–Trinajstić information content (AvgIpc) is 2.45. The molecule has 0 aromatic heterocycles. The van der Waals surface area contributed by atoms with Crippen molar-refractivity contribution in [3.05, 3.63) is 58.7 Å². The molecule has 2 aromatic rings. The molecule has 0 heterocycles. The lowest BCUT2D eigenvalue weighted by atomic mass is 10.1. The van der Waals surface area contributed by atoms with E-state index in [0.29, 0.717) is 5.75 Å². The highest BCUT2D eigenvalue weighted by molar-refractivity contribution is 5.94. The van der Waals surface area contributed by atoms with Crippen LogP contribution in [0.1, 0.15) is 29.2 Å². The van der Waals surface area contributed by atoms with E-state index in [4.69, 9.17) is 4.74 Å². The molecule has 1 amide bonds. The normalized spacial score (nSPS) is 11.9. The van der Waals surface area contributed by atoms with Gasteiger partial charge in [-0.1, -0.05) is 23.8 Å². The van der Waals surface area contributed by atoms with Crippen LogP contribution in [0.3, 0.4) is 0 Å². The number of carbonyl (C=O) groups excluding carboxylic acids is 1. The number of aryl methyl sites for hydroxylation is 4. The monoisotopic (exact) mass is 297 g/mol. The maximum absolute atomic E-state index is 12.3. The van der Waals surface area contributed by atoms with E-state index in [1.54, 1.807) is 6.92 Å². The molecule has 0 spiro atoms. The van der Waals surface area contributed by atoms with Crippen LogP contribution in [-0.4, -0.2) is 12.0 Å². The molecule has 0 radical (unpaired) electrons. The molecule has 3 nitrogen and oxygen atoms in total. The summed E-state index contributed by atoms with van der Waals surface area (Å²) >= 11 is 0. The lowest BCUT2D eigenvalue weighted by molar-refractivity contribution is -0.122. The third-order valence-corrected chi connectivity index (χ3v) is 3.80. The van der Waals surface area contributed by atoms with Crippen LogP contribution < -0.4 is 10.1 Å². The smallest absolute Gasteiger partial charge is 0.265 e. The quantitative estimate of drug-likeness (QED) is 0.912. The molecule has 0 saturated carbocycles. The number of hydrogen-bond acceptors (Lipinski definition) is 2. The molecule has 1 atom stereocenters. The van der Waals surface area contributed by atoms with E-state index < -0.39 is 6.10 Å². The Bertz CT molecular complexity index is 692. The number of carbonyl (C=O) groups is 1. The fraction of sp³-hybridized carbons (Fsp3) is 0.316. The standard InChI is InChI=1S/C19H23NO2/c1-12-6-9-18(15(4)10-12)20-19(21)16(5)22-17-8-7-13(2)14(3)11-17/h6-11,16H,1-5H3,(H,20,21)/t16-/m0/s1. The molecule has 0 aliphatic rings. The third kappa shape index (κ3) is 3.88. The Labute approximate surface area is 132 Å². The van der Waals surface area contributed by atoms with Crippen LogP contribution in [0, 0.1) is 27.7 Å². The highest BCUT2D eigenvalue weighted by atomic mass is 16.5. The summed E-state index contributed by atoms with van der Waals surface area (Å²) in [4.78, 5) is 12.3. The molecule has 0 aliphatic carbocycles. The number of hydrogen-bond donors (Lipinski definition) is 1. The van der Waals surface area contributed by atoms with Crippen LogP contribution in [0.15, 0.2) is 36.4 Å². The molecule has 3 heteroatoms. The molecule has 0 unspecified atom stereocenters. The Morgan fingerprint density at radius 2 is 1.68 bits per heavy atom. The SMILES string of the molecule is Cc1ccc(NC(=O)[C@H](C)Oc2ccc(C)c(C)c2)c(C)c1. The number of nitrogens with one attached hydrogen (secondary N) is 1. The van der Waals surface area contributed by atoms with Crippen molar-refractivity contribution in [2.24, 2.45) is 0 Å². The highest BCUT2D eigenvalue weighted by Crippen LogP contribution is 2.19. The Morgan fingerprint density at radius 1 is 0.955 bits per heavy atom. The first-order valence-electron chi connectivity index (χ1n) is 7.49. The molecule has 116 valence electrons. The molecule has 22 heavy (non-hydrogen) atoms. The summed E-state index contributed by atoms with van der Waals surface area (Å²) in [6.45, 7) is 9.85. The molecular weight excluding hydrogens is 274 g/mol. The average molecular weight is 297 g/mol. The number of anilines is 1. The Kier molecular flexibility index (Phi) is 4.86. The highest BCUT2D eigenvalue weighted by Gasteiger charge is 2.16. The maximum atomic E-state index is 12.3. The van der Waals surface area contributed by atoms with Crippen molar-refractivity contribution in [2.75, 3.05) is 5.32 Å². The molecular formula is C19H23NO2. The van der Waals surface area contributed by atoms with Gasteiger partial charge in [0.15, 0.2) is 6.10 Å². The minimum Gasteiger partial charge on any atom is -0.481 e. The van der Waals surface area contributed by atoms with E-state index >= 15 is 0 Å². The maximum Gasteiger partial charge on any atom is 0.265 e. The molecule has 0 aliphatic heterocycles. The summed E-state index contributed by atoms with van der Waals surface area (Å²) in [5.74, 6) is 0.566. The molecule has 1 N–H and O–H groups in total. The van der Waals surface area contributed by atoms with Gasteiger partial charge in [-0.3, -0.25) is 4.79 Å². The molecule has 0 fully saturated rings. The Balaban J connectivity index is 2.04. The first kappa shape index (κ1) is 16.1. The molecule has 2 aromatic carbocycles. The predicted octanol–water partition coefficient (Wildman–Crippen LogP) is 4.33. The van der Waals surface area contributed by atoms with Crippen LogP contribution in [0.4, 0.5) is 5.69 Å². The summed E-state index contributed by atoms with van der Waals surface area (Å²) < 4.78 is 5.74. The van der Waals surface area contributed by atoms with Gasteiger partial charge in [-0.05, 0) is 69.5 Å². The zero-order chi connectivity index (χ0) is 16.3. The van der Waals surface area contributed by atoms with Gasteiger partial charge >= 0.3 is 0 Å². The van der Waals surface area contributed by atoms with Crippen LogP contribution >= 0.6 is 0 Å². The van der Waals surface area contributed by atoms with Gasteiger partial charge in [-0.25, -0.2) is 0 Å². The molecule has 0 bridgehead atoms. The molecule has 2 rings (SSSR count). The summed E-state index contributed by atoms with van der Waals surface area (Å²) in [6, 6.07) is 11.8. The second-order valence-corrected chi connectivity index (χ2v) is 5.81. The number of rotatable bonds is 4. The van der Waals surface area contributed by atoms with Crippen molar-refractivity contribution in [1.29, 1.82) is 0 Å². The first-order valence-corrected chi connectivity index (χ1v) is 7.49. The summed E-state index contributed by atoms with van der Waals surface area (Å²) in [5.41, 5.74) is 5.41. The van der Waals surface area contributed by atoms with E-state index in [0.717, 1.165) is 16.8 Å². The van der Waals surface area contributed by atoms with Crippen molar-refractivity contribution in [1.82, 2.24) is 0 Å². The van der Waals surface area contributed by atoms with Crippen LogP contribution in [0.25, 0.3) is 0 Å². The summed E-state index contributed by atoms with van der Waals surface area (Å²) in [6.07, 6.45) is -0.553. The van der Waals surface area contributed by atoms with E-state index in [9.17, 15) is 4.79 Å². The summed E-state index contributed by atoms with van der Waals surface area (Å²) in [5, 5.41) is 2.92. The van der Waals surface area contributed by atoms with Crippen molar-refractivity contribution < 1.29 is 9.53 Å². The van der Waals surface area contributed by atoms with Gasteiger partial charge in [0.2, 0.25) is 0 Å². The Hall–Kier alpha value is -2.29. The van der Waals surface area contributed by atoms with E-state index in [-0.39, 0.29) is 5.91 Å². The lowest BCUT2D eigenvalue weighted by Gasteiger charge is -2.16. The minimum atomic E-state index is -0.553. The van der Waals surface area contributed by atoms with Crippen LogP contribution in [-0.2, 0) is 4.79 Å². The van der Waals surface area contributed by atoms with Gasteiger partial charge in [-0.2, -0.15) is 0 Å². The van der Waals surface area contributed by atoms with Gasteiger partial charge in [-0.15, -0.1) is 0 Å². The fourth-order valence-corrected chi connectivity index (χ4v) is 2.23. The zero-order valence-corrected chi connectivity index (χ0v) is 13.9. The van der Waals surface area contributed by atoms with Crippen LogP contribution in [0.5, 0.6) is 5.75 Å². The minimum absolute atomic E-state index is 0.148. The second kappa shape index (κ2) is 6.65. The van der Waals surface area contributed by atoms with Gasteiger partial charge in [0.1, 0.15) is 5.75 Å². The zero-order valence-electron chi connectivity index (χ0n) is 13.9. The largest absolute Gasteiger partial charge is 0.481 e. The number of amides is 1. The van der Waals surface area contributed by atoms with Gasteiger partial charge in [0.05, 0.1) is 0 Å². The van der Waals surface area contributed by atoms with Gasteiger partial charge in [0.25, 0.3) is 5.91 Å². The van der Waals surface area contributed by atoms with Crippen molar-refractivity contribution >= 4 is 11.6 Å². The lowest BCUT2D eigenvalue weighted by Crippen LogP contribution is -2.30. The van der Waals surface area contributed by atoms with Crippen molar-refractivity contribution in [3.63, 3.8) is 0 Å². The number of ether oxygens (including phenoxy) is 1. The predicted molar refractivity (Wildman–Crippen MR) is 90.6 cm³/mol. The van der Waals surface area contributed by atoms with Crippen LogP contribution in [0.2, 0.25) is 0 Å². The summed E-state index contributed by atoms with van der Waals surface area (Å²) in [7, 11) is 0. The fourth-order valence-electron chi connectivity index (χ4n) is 2.23. The van der Waals surface area contributed by atoms with E-state index in [1.807, 2.05) is 57.2 Å². The molecule has 0 saturated heterocycles. The number of benzene rings is 2. The van der Waals surface area contributed by atoms with E-state index in [1.165, 1.54) is 11.1 Å². The van der Waals surface area contributed by atoms with Gasteiger partial charge in [0, 0.05) is 5.69 Å². The van der Waals surface area contributed by atoms with Gasteiger partial charge < -0.3 is 10.1 Å². The van der Waals surface area contributed by atoms with Crippen molar-refractivity contribution in [3.8, 4) is 5.75 Å². The van der Waals surface area contributed by atoms with Crippen molar-refractivity contribution in [2.45, 2.75) is 40.7 Å². The topological polar surface area (TPSA) is 38.3 Å².